The lowest BCUT2D eigenvalue weighted by molar-refractivity contribution is -0.147. The SMILES string of the molecule is C[C@H](NC(=O)[C@H](CCC(=O)O)NC(=O)[C@H](CO)NC(=O)[C@H](CCCCN)NC(=O)[C@H](Cc1cnc[nH]1)NC(=O)[C@H](C)NC(=O)[C@@H](N)CC(=O)O)C(=O)N[C@@H](Cc1cnc[nH]1)C(=O)N[C@@H](CCCN=C(N)N)C(=O)N[C@@H](Cc1ccccc1)C(=O)N[C@@H](CCCCN)C(=O)N[C@@H](CC(=O)O)C(=O)O. The number of carboxylic acids is 4. The Morgan fingerprint density at radius 1 is 0.441 bits per heavy atom. The molecule has 41 heteroatoms. The Balaban J connectivity index is 1.91. The number of rotatable bonds is 49. The number of nitrogens with two attached hydrogens (primary N) is 5. The van der Waals surface area contributed by atoms with Gasteiger partial charge in [0.1, 0.15) is 66.5 Å². The van der Waals surface area contributed by atoms with Gasteiger partial charge in [-0.2, -0.15) is 0 Å². The van der Waals surface area contributed by atoms with Crippen LogP contribution in [0.15, 0.2) is 60.4 Å². The van der Waals surface area contributed by atoms with Crippen LogP contribution in [0.1, 0.15) is 108 Å². The summed E-state index contributed by atoms with van der Waals surface area (Å²) in [6.45, 7) is 1.46. The minimum atomic E-state index is -1.91. The Hall–Kier alpha value is -11.2. The molecule has 0 spiro atoms. The zero-order valence-corrected chi connectivity index (χ0v) is 56.1. The highest BCUT2D eigenvalue weighted by molar-refractivity contribution is 6.00. The molecule has 0 aliphatic heterocycles. The Labute approximate surface area is 583 Å². The molecule has 3 aromatic rings. The number of aromatic amines is 2. The number of benzene rings is 1. The molecule has 2 heterocycles. The van der Waals surface area contributed by atoms with Gasteiger partial charge < -0.3 is 123 Å². The van der Waals surface area contributed by atoms with E-state index in [2.05, 4.69) is 83.4 Å². The molecule has 28 N–H and O–H groups in total. The molecule has 1 aromatic carbocycles. The molecule has 0 radical (unpaired) electrons. The molecule has 12 atom stereocenters. The van der Waals surface area contributed by atoms with Crippen molar-refractivity contribution in [3.8, 4) is 0 Å². The summed E-state index contributed by atoms with van der Waals surface area (Å²) in [5, 5.41) is 74.6. The Morgan fingerprint density at radius 2 is 0.814 bits per heavy atom. The number of aliphatic carboxylic acids is 4. The van der Waals surface area contributed by atoms with Gasteiger partial charge in [0, 0.05) is 56.0 Å². The number of hydrogen-bond donors (Lipinski definition) is 23. The lowest BCUT2D eigenvalue weighted by Crippen LogP contribution is -2.61. The molecule has 0 fully saturated rings. The average molecular weight is 1440 g/mol. The summed E-state index contributed by atoms with van der Waals surface area (Å²) in [5.74, 6) is -17.9. The minimum Gasteiger partial charge on any atom is -0.481 e. The highest BCUT2D eigenvalue weighted by atomic mass is 16.4. The van der Waals surface area contributed by atoms with Crippen molar-refractivity contribution >= 4 is 94.8 Å². The van der Waals surface area contributed by atoms with Crippen molar-refractivity contribution in [3.05, 3.63) is 72.3 Å². The van der Waals surface area contributed by atoms with Gasteiger partial charge in [0.05, 0.1) is 38.1 Å². The van der Waals surface area contributed by atoms with E-state index in [0.717, 1.165) is 6.92 Å². The van der Waals surface area contributed by atoms with E-state index < -0.39 is 194 Å². The summed E-state index contributed by atoms with van der Waals surface area (Å²) in [6, 6.07) is -11.2. The highest BCUT2D eigenvalue weighted by Gasteiger charge is 2.37. The first-order chi connectivity index (χ1) is 48.3. The first kappa shape index (κ1) is 85.0. The molecule has 41 nitrogen and oxygen atoms in total. The Bertz CT molecular complexity index is 3320. The summed E-state index contributed by atoms with van der Waals surface area (Å²) < 4.78 is 0. The number of amides is 11. The number of carbonyl (C=O) groups excluding carboxylic acids is 11. The number of guanidine groups is 1. The van der Waals surface area contributed by atoms with Gasteiger partial charge in [0.15, 0.2) is 5.96 Å². The third-order valence-corrected chi connectivity index (χ3v) is 15.2. The molecule has 0 unspecified atom stereocenters. The molecule has 102 heavy (non-hydrogen) atoms. The molecular formula is C61H93N21O20. The van der Waals surface area contributed by atoms with Gasteiger partial charge >= 0.3 is 23.9 Å². The van der Waals surface area contributed by atoms with Crippen molar-refractivity contribution in [2.24, 2.45) is 33.7 Å². The van der Waals surface area contributed by atoms with Crippen LogP contribution in [-0.2, 0) is 91.2 Å². The van der Waals surface area contributed by atoms with Crippen LogP contribution in [0.2, 0.25) is 0 Å². The number of aromatic nitrogens is 4. The molecule has 0 saturated heterocycles. The predicted octanol–water partition coefficient (Wildman–Crippen LogP) is -7.94. The van der Waals surface area contributed by atoms with Crippen LogP contribution in [0.3, 0.4) is 0 Å². The fourth-order valence-electron chi connectivity index (χ4n) is 9.66. The number of aliphatic hydroxyl groups excluding tert-OH is 1. The van der Waals surface area contributed by atoms with Gasteiger partial charge in [-0.3, -0.25) is 72.1 Å². The fraction of sp³-hybridized carbons (Fsp3) is 0.541. The Morgan fingerprint density at radius 3 is 1.22 bits per heavy atom. The second-order valence-corrected chi connectivity index (χ2v) is 23.5. The number of hydrogen-bond acceptors (Lipinski definition) is 22. The zero-order valence-electron chi connectivity index (χ0n) is 56.1. The average Bonchev–Trinajstić information content (AvgIpc) is 1.14. The first-order valence-electron chi connectivity index (χ1n) is 32.4. The molecule has 0 aliphatic carbocycles. The smallest absolute Gasteiger partial charge is 0.326 e. The van der Waals surface area contributed by atoms with Gasteiger partial charge in [0.25, 0.3) is 0 Å². The van der Waals surface area contributed by atoms with Gasteiger partial charge in [-0.1, -0.05) is 30.3 Å². The topological polar surface area (TPSA) is 689 Å². The van der Waals surface area contributed by atoms with E-state index >= 15 is 0 Å². The van der Waals surface area contributed by atoms with Crippen molar-refractivity contribution < 1.29 is 97.5 Å². The van der Waals surface area contributed by atoms with E-state index in [1.165, 1.54) is 32.0 Å². The highest BCUT2D eigenvalue weighted by Crippen LogP contribution is 2.12. The largest absolute Gasteiger partial charge is 0.481 e. The Kier molecular flexibility index (Phi) is 37.3. The summed E-state index contributed by atoms with van der Waals surface area (Å²) in [6.07, 6.45) is 1.76. The van der Waals surface area contributed by atoms with E-state index in [1.807, 2.05) is 0 Å². The number of nitrogens with zero attached hydrogens (tertiary/aromatic N) is 3. The van der Waals surface area contributed by atoms with E-state index in [9.17, 15) is 92.3 Å². The van der Waals surface area contributed by atoms with E-state index in [4.69, 9.17) is 33.8 Å². The van der Waals surface area contributed by atoms with E-state index in [0.29, 0.717) is 24.1 Å². The number of aliphatic imine (C=N–C) groups is 1. The second kappa shape index (κ2) is 44.7. The first-order valence-corrected chi connectivity index (χ1v) is 32.4. The molecule has 0 bridgehead atoms. The van der Waals surface area contributed by atoms with Crippen molar-refractivity contribution in [1.82, 2.24) is 78.4 Å². The van der Waals surface area contributed by atoms with Crippen LogP contribution < -0.4 is 87.2 Å². The van der Waals surface area contributed by atoms with E-state index in [1.54, 1.807) is 30.3 Å². The van der Waals surface area contributed by atoms with Crippen molar-refractivity contribution in [1.29, 1.82) is 0 Å². The predicted molar refractivity (Wildman–Crippen MR) is 357 cm³/mol. The van der Waals surface area contributed by atoms with Crippen molar-refractivity contribution in [3.63, 3.8) is 0 Å². The van der Waals surface area contributed by atoms with Crippen LogP contribution in [0.25, 0.3) is 0 Å². The number of unbranched alkanes of at least 4 members (excludes halogenated alkanes) is 2. The molecular weight excluding hydrogens is 1350 g/mol. The zero-order chi connectivity index (χ0) is 76.0. The molecule has 3 rings (SSSR count). The maximum absolute atomic E-state index is 14.6. The summed E-state index contributed by atoms with van der Waals surface area (Å²) in [4.78, 5) is 217. The maximum Gasteiger partial charge on any atom is 0.326 e. The van der Waals surface area contributed by atoms with Gasteiger partial charge in [-0.05, 0) is 90.3 Å². The maximum atomic E-state index is 14.6. The number of nitrogens with one attached hydrogen (secondary N) is 13. The normalized spacial score (nSPS) is 14.5. The number of carboxylic acid groups (broad SMARTS) is 4. The van der Waals surface area contributed by atoms with Crippen LogP contribution >= 0.6 is 0 Å². The standard InChI is InChI=1S/C61H93N21O20/c1-31(72-51(92)36(64)24-47(86)87)49(90)78-42(22-34-26-67-29-70-34)57(98)75-38(14-7-9-19-63)55(96)82-45(28-83)59(100)77-40(16-17-46(84)85)52(93)73-32(2)50(91)79-43(23-35-27-68-30-71-35)58(99)76-39(15-10-20-69-61(65)66)53(94)80-41(21-33-11-4-3-5-12-33)56(97)74-37(13-6-8-18-62)54(95)81-44(60(101)102)25-48(88)89/h3-5,11-12,26-27,29-32,36-45,83H,6-10,13-25,28,62-64H2,1-2H3,(H,67,70)(H,68,71)(H,72,92)(H,73,93)(H,74,97)(H,75,98)(H,76,99)(H,77,100)(H,78,90)(H,79,91)(H,80,94)(H,81,95)(H,82,96)(H,84,85)(H,86,87)(H,88,89)(H,101,102)(H4,65,66,69)/t31-,32-,36-,37-,38-,39-,40-,41-,42-,43-,44-,45-/m0/s1. The number of carbonyl (C=O) groups is 15. The monoisotopic (exact) mass is 1440 g/mol. The molecule has 0 saturated carbocycles. The molecule has 0 aliphatic rings. The number of imidazole rings is 2. The van der Waals surface area contributed by atoms with Gasteiger partial charge in [-0.25, -0.2) is 14.8 Å². The quantitative estimate of drug-likeness (QED) is 0.0142. The van der Waals surface area contributed by atoms with Crippen LogP contribution in [-0.4, -0.2) is 239 Å². The summed E-state index contributed by atoms with van der Waals surface area (Å²) >= 11 is 0. The fourth-order valence-corrected chi connectivity index (χ4v) is 9.66. The second-order valence-electron chi connectivity index (χ2n) is 23.5. The van der Waals surface area contributed by atoms with Crippen LogP contribution in [0, 0.1) is 0 Å². The van der Waals surface area contributed by atoms with Crippen LogP contribution in [0.4, 0.5) is 0 Å². The number of H-pyrrole nitrogens is 2. The number of aliphatic hydroxyl groups is 1. The lowest BCUT2D eigenvalue weighted by atomic mass is 10.0. The van der Waals surface area contributed by atoms with E-state index in [-0.39, 0.29) is 89.1 Å². The summed E-state index contributed by atoms with van der Waals surface area (Å²) in [7, 11) is 0. The third-order valence-electron chi connectivity index (χ3n) is 15.2. The van der Waals surface area contributed by atoms with Crippen LogP contribution in [0.5, 0.6) is 0 Å². The third kappa shape index (κ3) is 31.8. The summed E-state index contributed by atoms with van der Waals surface area (Å²) in [5.41, 5.74) is 29.1. The van der Waals surface area contributed by atoms with Crippen molar-refractivity contribution in [2.45, 2.75) is 183 Å². The van der Waals surface area contributed by atoms with Crippen molar-refractivity contribution in [2.75, 3.05) is 26.2 Å². The van der Waals surface area contributed by atoms with Gasteiger partial charge in [-0.15, -0.1) is 0 Å². The molecule has 11 amide bonds. The van der Waals surface area contributed by atoms with Gasteiger partial charge in [0.2, 0.25) is 65.0 Å². The minimum absolute atomic E-state index is 0.00965. The lowest BCUT2D eigenvalue weighted by Gasteiger charge is -2.28. The molecule has 562 valence electrons. The molecule has 2 aromatic heterocycles.